The van der Waals surface area contributed by atoms with Crippen LogP contribution in [0.3, 0.4) is 0 Å². The van der Waals surface area contributed by atoms with Gasteiger partial charge in [0.15, 0.2) is 5.82 Å². The molecule has 0 aliphatic rings. The molecule has 0 saturated heterocycles. The number of hydrogen-bond acceptors (Lipinski definition) is 2. The first-order chi connectivity index (χ1) is 7.56. The smallest absolute Gasteiger partial charge is 0.204 e. The van der Waals surface area contributed by atoms with Gasteiger partial charge in [-0.05, 0) is 13.0 Å². The number of aryl methyl sites for hydroxylation is 1. The second-order valence-electron chi connectivity index (χ2n) is 3.28. The van der Waals surface area contributed by atoms with Crippen molar-refractivity contribution in [1.82, 2.24) is 9.97 Å². The van der Waals surface area contributed by atoms with Crippen LogP contribution in [-0.2, 0) is 0 Å². The Bertz CT molecular complexity index is 502. The van der Waals surface area contributed by atoms with Crippen molar-refractivity contribution in [3.05, 3.63) is 40.7 Å². The third-order valence-corrected chi connectivity index (χ3v) is 2.25. The standard InChI is InChI=1S/C10H8ClF2N3/c1-5-4-14-10(15-5)16-9-7(11)2-6(12)3-8(9)13/h2-4H,1H3,(H2,14,15,16). The maximum absolute atomic E-state index is 13.4. The van der Waals surface area contributed by atoms with Crippen LogP contribution in [-0.4, -0.2) is 9.97 Å². The molecule has 0 spiro atoms. The average Bonchev–Trinajstić information content (AvgIpc) is 2.58. The number of benzene rings is 1. The lowest BCUT2D eigenvalue weighted by Crippen LogP contribution is -1.97. The summed E-state index contributed by atoms with van der Waals surface area (Å²) in [5.74, 6) is -1.13. The first-order valence-corrected chi connectivity index (χ1v) is 4.87. The fraction of sp³-hybridized carbons (Fsp3) is 0.100. The molecule has 1 aromatic heterocycles. The van der Waals surface area contributed by atoms with E-state index in [-0.39, 0.29) is 10.7 Å². The molecule has 6 heteroatoms. The molecule has 2 aromatic rings. The van der Waals surface area contributed by atoms with Gasteiger partial charge in [-0.1, -0.05) is 11.6 Å². The quantitative estimate of drug-likeness (QED) is 0.849. The summed E-state index contributed by atoms with van der Waals surface area (Å²) in [5.41, 5.74) is 0.818. The molecule has 0 atom stereocenters. The summed E-state index contributed by atoms with van der Waals surface area (Å²) in [6.07, 6.45) is 1.58. The van der Waals surface area contributed by atoms with Gasteiger partial charge in [0.05, 0.1) is 10.7 Å². The highest BCUT2D eigenvalue weighted by Crippen LogP contribution is 2.28. The Labute approximate surface area is 95.5 Å². The number of rotatable bonds is 2. The molecule has 0 aliphatic heterocycles. The lowest BCUT2D eigenvalue weighted by Gasteiger charge is -2.06. The van der Waals surface area contributed by atoms with Gasteiger partial charge in [-0.25, -0.2) is 13.8 Å². The van der Waals surface area contributed by atoms with E-state index in [0.29, 0.717) is 5.95 Å². The molecule has 0 unspecified atom stereocenters. The fourth-order valence-electron chi connectivity index (χ4n) is 1.26. The first-order valence-electron chi connectivity index (χ1n) is 4.49. The molecule has 0 amide bonds. The monoisotopic (exact) mass is 243 g/mol. The van der Waals surface area contributed by atoms with Crippen LogP contribution in [0.15, 0.2) is 18.3 Å². The van der Waals surface area contributed by atoms with Crippen LogP contribution >= 0.6 is 11.6 Å². The molecule has 1 heterocycles. The Morgan fingerprint density at radius 1 is 1.38 bits per heavy atom. The minimum Gasteiger partial charge on any atom is -0.328 e. The predicted octanol–water partition coefficient (Wildman–Crippen LogP) is 3.39. The predicted molar refractivity (Wildman–Crippen MR) is 58.0 cm³/mol. The molecule has 2 rings (SSSR count). The van der Waals surface area contributed by atoms with Crippen molar-refractivity contribution in [2.45, 2.75) is 6.92 Å². The largest absolute Gasteiger partial charge is 0.328 e. The van der Waals surface area contributed by atoms with E-state index < -0.39 is 11.6 Å². The topological polar surface area (TPSA) is 40.7 Å². The molecule has 0 radical (unpaired) electrons. The summed E-state index contributed by atoms with van der Waals surface area (Å²) in [4.78, 5) is 6.78. The molecular formula is C10H8ClF2N3. The molecule has 0 bridgehead atoms. The number of H-pyrrole nitrogens is 1. The third kappa shape index (κ3) is 2.14. The molecule has 0 aliphatic carbocycles. The van der Waals surface area contributed by atoms with E-state index >= 15 is 0 Å². The first kappa shape index (κ1) is 10.9. The van der Waals surface area contributed by atoms with Crippen molar-refractivity contribution >= 4 is 23.2 Å². The normalized spacial score (nSPS) is 10.5. The molecule has 1 aromatic carbocycles. The molecule has 3 nitrogen and oxygen atoms in total. The number of anilines is 2. The minimum atomic E-state index is -0.765. The van der Waals surface area contributed by atoms with Crippen molar-refractivity contribution in [1.29, 1.82) is 0 Å². The van der Waals surface area contributed by atoms with Crippen LogP contribution in [0.2, 0.25) is 5.02 Å². The molecule has 84 valence electrons. The van der Waals surface area contributed by atoms with Crippen molar-refractivity contribution in [2.24, 2.45) is 0 Å². The average molecular weight is 244 g/mol. The highest BCUT2D eigenvalue weighted by atomic mass is 35.5. The summed E-state index contributed by atoms with van der Waals surface area (Å²) < 4.78 is 26.2. The summed E-state index contributed by atoms with van der Waals surface area (Å²) in [6, 6.07) is 1.78. The van der Waals surface area contributed by atoms with Crippen molar-refractivity contribution < 1.29 is 8.78 Å². The van der Waals surface area contributed by atoms with Crippen LogP contribution in [0.1, 0.15) is 5.69 Å². The van der Waals surface area contributed by atoms with E-state index in [1.165, 1.54) is 0 Å². The zero-order valence-corrected chi connectivity index (χ0v) is 9.07. The van der Waals surface area contributed by atoms with E-state index in [9.17, 15) is 8.78 Å². The number of imidazole rings is 1. The van der Waals surface area contributed by atoms with Gasteiger partial charge >= 0.3 is 0 Å². The number of nitrogens with one attached hydrogen (secondary N) is 2. The van der Waals surface area contributed by atoms with Gasteiger partial charge in [0.25, 0.3) is 0 Å². The lowest BCUT2D eigenvalue weighted by molar-refractivity contribution is 0.586. The van der Waals surface area contributed by atoms with Crippen LogP contribution in [0.5, 0.6) is 0 Å². The molecule has 2 N–H and O–H groups in total. The van der Waals surface area contributed by atoms with E-state index in [1.807, 2.05) is 0 Å². The number of halogens is 3. The van der Waals surface area contributed by atoms with E-state index in [2.05, 4.69) is 15.3 Å². The van der Waals surface area contributed by atoms with Crippen LogP contribution < -0.4 is 5.32 Å². The van der Waals surface area contributed by atoms with Gasteiger partial charge in [0.2, 0.25) is 5.95 Å². The Hall–Kier alpha value is -1.62. The summed E-state index contributed by atoms with van der Waals surface area (Å²) in [7, 11) is 0. The fourth-order valence-corrected chi connectivity index (χ4v) is 1.50. The number of nitrogens with zero attached hydrogens (tertiary/aromatic N) is 1. The van der Waals surface area contributed by atoms with E-state index in [0.717, 1.165) is 17.8 Å². The van der Waals surface area contributed by atoms with Crippen LogP contribution in [0.4, 0.5) is 20.4 Å². The minimum absolute atomic E-state index is 0.00239. The maximum Gasteiger partial charge on any atom is 0.204 e. The van der Waals surface area contributed by atoms with Crippen molar-refractivity contribution in [3.63, 3.8) is 0 Å². The Morgan fingerprint density at radius 3 is 2.69 bits per heavy atom. The summed E-state index contributed by atoms with van der Waals surface area (Å²) >= 11 is 5.71. The second kappa shape index (κ2) is 4.09. The highest BCUT2D eigenvalue weighted by Gasteiger charge is 2.11. The zero-order valence-electron chi connectivity index (χ0n) is 8.31. The summed E-state index contributed by atoms with van der Waals surface area (Å²) in [6.45, 7) is 1.81. The van der Waals surface area contributed by atoms with Crippen LogP contribution in [0.25, 0.3) is 0 Å². The van der Waals surface area contributed by atoms with Crippen LogP contribution in [0, 0.1) is 18.6 Å². The van der Waals surface area contributed by atoms with Gasteiger partial charge in [0, 0.05) is 18.0 Å². The second-order valence-corrected chi connectivity index (χ2v) is 3.69. The number of aromatic amines is 1. The Morgan fingerprint density at radius 2 is 2.12 bits per heavy atom. The van der Waals surface area contributed by atoms with Gasteiger partial charge in [-0.15, -0.1) is 0 Å². The lowest BCUT2D eigenvalue weighted by atomic mass is 10.3. The Kier molecular flexibility index (Phi) is 2.78. The highest BCUT2D eigenvalue weighted by molar-refractivity contribution is 6.33. The van der Waals surface area contributed by atoms with Gasteiger partial charge in [-0.2, -0.15) is 0 Å². The SMILES string of the molecule is Cc1cnc(Nc2c(F)cc(F)cc2Cl)[nH]1. The molecule has 0 fully saturated rings. The molecule has 16 heavy (non-hydrogen) atoms. The zero-order chi connectivity index (χ0) is 11.7. The van der Waals surface area contributed by atoms with Crippen molar-refractivity contribution in [2.75, 3.05) is 5.32 Å². The molecule has 0 saturated carbocycles. The van der Waals surface area contributed by atoms with Gasteiger partial charge in [-0.3, -0.25) is 0 Å². The van der Waals surface area contributed by atoms with Gasteiger partial charge < -0.3 is 10.3 Å². The maximum atomic E-state index is 13.4. The van der Waals surface area contributed by atoms with E-state index in [4.69, 9.17) is 11.6 Å². The van der Waals surface area contributed by atoms with E-state index in [1.54, 1.807) is 13.1 Å². The third-order valence-electron chi connectivity index (χ3n) is 1.95. The number of aromatic nitrogens is 2. The van der Waals surface area contributed by atoms with Crippen molar-refractivity contribution in [3.8, 4) is 0 Å². The molecular weight excluding hydrogens is 236 g/mol. The van der Waals surface area contributed by atoms with Gasteiger partial charge in [0.1, 0.15) is 5.82 Å². The number of hydrogen-bond donors (Lipinski definition) is 2. The Balaban J connectivity index is 2.34. The summed E-state index contributed by atoms with van der Waals surface area (Å²) in [5, 5.41) is 2.61.